The van der Waals surface area contributed by atoms with Crippen molar-refractivity contribution >= 4 is 11.8 Å². The molecule has 0 aromatic heterocycles. The minimum atomic E-state index is -5.04. The average Bonchev–Trinajstić information content (AvgIpc) is 2.56. The van der Waals surface area contributed by atoms with Crippen molar-refractivity contribution in [3.63, 3.8) is 0 Å². The van der Waals surface area contributed by atoms with Crippen LogP contribution in [0.5, 0.6) is 5.75 Å². The molecule has 0 heterocycles. The van der Waals surface area contributed by atoms with Gasteiger partial charge in [0.15, 0.2) is 5.78 Å². The van der Waals surface area contributed by atoms with Gasteiger partial charge < -0.3 is 4.74 Å². The molecule has 96 valence electrons. The standard InChI is InChI=1S/C12H9F3O3/c1-6-5-8-7(10(6)16)3-2-4-9(8)18-11(17)12(13,14)15/h2-4,6H,5H2,1H3. The lowest BCUT2D eigenvalue weighted by atomic mass is 10.1. The second kappa shape index (κ2) is 4.12. The summed E-state index contributed by atoms with van der Waals surface area (Å²) in [7, 11) is 0. The van der Waals surface area contributed by atoms with Crippen LogP contribution in [0.25, 0.3) is 0 Å². The molecule has 1 aromatic carbocycles. The SMILES string of the molecule is CC1Cc2c(OC(=O)C(F)(F)F)cccc2C1=O. The first-order chi connectivity index (χ1) is 8.30. The number of esters is 1. The minimum absolute atomic E-state index is 0.144. The number of carbonyl (C=O) groups excluding carboxylic acids is 2. The predicted octanol–water partition coefficient (Wildman–Crippen LogP) is 2.53. The molecule has 0 fully saturated rings. The monoisotopic (exact) mass is 258 g/mol. The van der Waals surface area contributed by atoms with Gasteiger partial charge in [0.05, 0.1) is 0 Å². The van der Waals surface area contributed by atoms with Crippen LogP contribution in [0.4, 0.5) is 13.2 Å². The summed E-state index contributed by atoms with van der Waals surface area (Å²) in [6.07, 6.45) is -4.76. The van der Waals surface area contributed by atoms with Gasteiger partial charge in [-0.25, -0.2) is 4.79 Å². The lowest BCUT2D eigenvalue weighted by Crippen LogP contribution is -2.28. The number of alkyl halides is 3. The second-order valence-corrected chi connectivity index (χ2v) is 4.14. The third-order valence-corrected chi connectivity index (χ3v) is 2.79. The Kier molecular flexibility index (Phi) is 2.88. The van der Waals surface area contributed by atoms with Crippen molar-refractivity contribution in [3.8, 4) is 5.75 Å². The molecule has 0 saturated carbocycles. The predicted molar refractivity (Wildman–Crippen MR) is 55.3 cm³/mol. The fraction of sp³-hybridized carbons (Fsp3) is 0.333. The summed E-state index contributed by atoms with van der Waals surface area (Å²) in [5.41, 5.74) is 0.697. The molecule has 3 nitrogen and oxygen atoms in total. The molecule has 1 atom stereocenters. The number of ketones is 1. The van der Waals surface area contributed by atoms with E-state index in [1.165, 1.54) is 18.2 Å². The molecule has 0 bridgehead atoms. The second-order valence-electron chi connectivity index (χ2n) is 4.14. The zero-order valence-electron chi connectivity index (χ0n) is 9.38. The van der Waals surface area contributed by atoms with Crippen molar-refractivity contribution in [1.29, 1.82) is 0 Å². The number of ether oxygens (including phenoxy) is 1. The molecular formula is C12H9F3O3. The Morgan fingerprint density at radius 3 is 2.67 bits per heavy atom. The first-order valence-electron chi connectivity index (χ1n) is 5.26. The number of hydrogen-bond acceptors (Lipinski definition) is 3. The van der Waals surface area contributed by atoms with Gasteiger partial charge in [-0.3, -0.25) is 4.79 Å². The number of carbonyl (C=O) groups is 2. The Morgan fingerprint density at radius 1 is 1.39 bits per heavy atom. The highest BCUT2D eigenvalue weighted by Gasteiger charge is 2.42. The van der Waals surface area contributed by atoms with E-state index in [1.807, 2.05) is 0 Å². The summed E-state index contributed by atoms with van der Waals surface area (Å²) in [5.74, 6) is -2.91. The molecule has 0 radical (unpaired) electrons. The van der Waals surface area contributed by atoms with E-state index in [-0.39, 0.29) is 23.9 Å². The Balaban J connectivity index is 2.33. The molecule has 0 saturated heterocycles. The zero-order chi connectivity index (χ0) is 13.5. The normalized spacial score (nSPS) is 18.7. The lowest BCUT2D eigenvalue weighted by molar-refractivity contribution is -0.189. The van der Waals surface area contributed by atoms with E-state index >= 15 is 0 Å². The smallest absolute Gasteiger partial charge is 0.420 e. The maximum Gasteiger partial charge on any atom is 0.491 e. The average molecular weight is 258 g/mol. The highest BCUT2D eigenvalue weighted by Crippen LogP contribution is 2.34. The molecule has 1 aromatic rings. The van der Waals surface area contributed by atoms with Crippen molar-refractivity contribution in [2.75, 3.05) is 0 Å². The fourth-order valence-electron chi connectivity index (χ4n) is 1.92. The molecule has 2 rings (SSSR count). The largest absolute Gasteiger partial charge is 0.491 e. The Labute approximate surface area is 101 Å². The first kappa shape index (κ1) is 12.6. The maximum absolute atomic E-state index is 12.1. The van der Waals surface area contributed by atoms with E-state index < -0.39 is 12.1 Å². The summed E-state index contributed by atoms with van der Waals surface area (Å²) in [6.45, 7) is 1.68. The van der Waals surface area contributed by atoms with Gasteiger partial charge in [0.2, 0.25) is 0 Å². The molecule has 6 heteroatoms. The molecule has 0 amide bonds. The van der Waals surface area contributed by atoms with Crippen molar-refractivity contribution in [2.45, 2.75) is 19.5 Å². The van der Waals surface area contributed by atoms with Crippen LogP contribution in [0.1, 0.15) is 22.8 Å². The first-order valence-corrected chi connectivity index (χ1v) is 5.26. The van der Waals surface area contributed by atoms with E-state index in [0.29, 0.717) is 11.1 Å². The number of Topliss-reactive ketones (excluding diaryl/α,β-unsaturated/α-hetero) is 1. The van der Waals surface area contributed by atoms with Gasteiger partial charge in [0, 0.05) is 17.0 Å². The van der Waals surface area contributed by atoms with Crippen LogP contribution in [0.15, 0.2) is 18.2 Å². The summed E-state index contributed by atoms with van der Waals surface area (Å²) in [4.78, 5) is 22.4. The number of rotatable bonds is 1. The number of fused-ring (bicyclic) bond motifs is 1. The highest BCUT2D eigenvalue weighted by molar-refractivity contribution is 6.02. The van der Waals surface area contributed by atoms with E-state index in [1.54, 1.807) is 6.92 Å². The molecule has 0 spiro atoms. The van der Waals surface area contributed by atoms with Crippen LogP contribution in [-0.2, 0) is 11.2 Å². The summed E-state index contributed by atoms with van der Waals surface area (Å²) >= 11 is 0. The van der Waals surface area contributed by atoms with Gasteiger partial charge in [-0.2, -0.15) is 13.2 Å². The van der Waals surface area contributed by atoms with Gasteiger partial charge in [-0.15, -0.1) is 0 Å². The molecule has 0 N–H and O–H groups in total. The quantitative estimate of drug-likeness (QED) is 0.574. The van der Waals surface area contributed by atoms with Gasteiger partial charge >= 0.3 is 12.1 Å². The van der Waals surface area contributed by atoms with E-state index in [0.717, 1.165) is 0 Å². The Bertz CT molecular complexity index is 520. The van der Waals surface area contributed by atoms with E-state index in [4.69, 9.17) is 0 Å². The van der Waals surface area contributed by atoms with Crippen LogP contribution >= 0.6 is 0 Å². The minimum Gasteiger partial charge on any atom is -0.420 e. The molecular weight excluding hydrogens is 249 g/mol. The van der Waals surface area contributed by atoms with Crippen LogP contribution in [0.2, 0.25) is 0 Å². The van der Waals surface area contributed by atoms with Crippen molar-refractivity contribution in [2.24, 2.45) is 5.92 Å². The summed E-state index contributed by atoms with van der Waals surface area (Å²) in [5, 5.41) is 0. The molecule has 18 heavy (non-hydrogen) atoms. The third kappa shape index (κ3) is 2.10. The summed E-state index contributed by atoms with van der Waals surface area (Å²) in [6, 6.07) is 4.17. The Hall–Kier alpha value is -1.85. The van der Waals surface area contributed by atoms with Gasteiger partial charge in [0.1, 0.15) is 5.75 Å². The van der Waals surface area contributed by atoms with E-state index in [2.05, 4.69) is 4.74 Å². The molecule has 0 aliphatic heterocycles. The van der Waals surface area contributed by atoms with Crippen LogP contribution in [-0.4, -0.2) is 17.9 Å². The number of hydrogen-bond donors (Lipinski definition) is 0. The van der Waals surface area contributed by atoms with Crippen LogP contribution < -0.4 is 4.74 Å². The van der Waals surface area contributed by atoms with Crippen LogP contribution in [0.3, 0.4) is 0 Å². The van der Waals surface area contributed by atoms with Crippen molar-refractivity contribution < 1.29 is 27.5 Å². The Morgan fingerprint density at radius 2 is 2.06 bits per heavy atom. The maximum atomic E-state index is 12.1. The molecule has 1 aliphatic carbocycles. The lowest BCUT2D eigenvalue weighted by Gasteiger charge is -2.10. The van der Waals surface area contributed by atoms with E-state index in [9.17, 15) is 22.8 Å². The third-order valence-electron chi connectivity index (χ3n) is 2.79. The van der Waals surface area contributed by atoms with Gasteiger partial charge in [-0.1, -0.05) is 19.1 Å². The van der Waals surface area contributed by atoms with Gasteiger partial charge in [0.25, 0.3) is 0 Å². The fourth-order valence-corrected chi connectivity index (χ4v) is 1.92. The molecule has 1 unspecified atom stereocenters. The topological polar surface area (TPSA) is 43.4 Å². The van der Waals surface area contributed by atoms with Crippen molar-refractivity contribution in [1.82, 2.24) is 0 Å². The number of halogens is 3. The number of benzene rings is 1. The molecule has 1 aliphatic rings. The van der Waals surface area contributed by atoms with Crippen molar-refractivity contribution in [3.05, 3.63) is 29.3 Å². The van der Waals surface area contributed by atoms with Crippen LogP contribution in [0, 0.1) is 5.92 Å². The zero-order valence-corrected chi connectivity index (χ0v) is 9.38. The summed E-state index contributed by atoms with van der Waals surface area (Å²) < 4.78 is 40.6. The highest BCUT2D eigenvalue weighted by atomic mass is 19.4. The van der Waals surface area contributed by atoms with Gasteiger partial charge in [-0.05, 0) is 12.5 Å².